The topological polar surface area (TPSA) is 59.8 Å². The highest BCUT2D eigenvalue weighted by atomic mass is 19.2. The highest BCUT2D eigenvalue weighted by Gasteiger charge is 2.12. The van der Waals surface area contributed by atoms with Crippen molar-refractivity contribution >= 4 is 5.91 Å². The summed E-state index contributed by atoms with van der Waals surface area (Å²) in [6.07, 6.45) is 0.326. The first-order valence-corrected chi connectivity index (χ1v) is 7.86. The Hall–Kier alpha value is -3.16. The van der Waals surface area contributed by atoms with Crippen molar-refractivity contribution < 1.29 is 18.0 Å². The molecular formula is C18H15F3N4O. The molecular weight excluding hydrogens is 345 g/mol. The third-order valence-corrected chi connectivity index (χ3v) is 3.67. The van der Waals surface area contributed by atoms with Gasteiger partial charge in [-0.2, -0.15) is 5.10 Å². The summed E-state index contributed by atoms with van der Waals surface area (Å²) in [7, 11) is 0. The van der Waals surface area contributed by atoms with Gasteiger partial charge in [0.25, 0.3) is 5.91 Å². The molecule has 0 saturated carbocycles. The standard InChI is InChI=1S/C18H15F3N4O/c1-11-23-17(25(24-11)14-6-7-15(20)16(21)10-14)8-9-22-18(26)12-2-4-13(19)5-3-12/h2-7,10H,8-9H2,1H3,(H,22,26). The van der Waals surface area contributed by atoms with E-state index in [2.05, 4.69) is 15.4 Å². The number of rotatable bonds is 5. The van der Waals surface area contributed by atoms with Crippen molar-refractivity contribution in [3.8, 4) is 5.69 Å². The van der Waals surface area contributed by atoms with Crippen LogP contribution in [-0.4, -0.2) is 27.2 Å². The minimum atomic E-state index is -0.980. The van der Waals surface area contributed by atoms with Crippen molar-refractivity contribution in [2.45, 2.75) is 13.3 Å². The summed E-state index contributed by atoms with van der Waals surface area (Å²) >= 11 is 0. The van der Waals surface area contributed by atoms with Crippen LogP contribution in [0.4, 0.5) is 13.2 Å². The molecule has 0 bridgehead atoms. The van der Waals surface area contributed by atoms with E-state index in [0.29, 0.717) is 29.3 Å². The van der Waals surface area contributed by atoms with E-state index in [1.807, 2.05) is 0 Å². The Morgan fingerprint density at radius 3 is 2.50 bits per heavy atom. The largest absolute Gasteiger partial charge is 0.352 e. The Morgan fingerprint density at radius 2 is 1.81 bits per heavy atom. The number of halogens is 3. The molecule has 1 heterocycles. The zero-order valence-electron chi connectivity index (χ0n) is 13.8. The maximum atomic E-state index is 13.5. The first-order chi connectivity index (χ1) is 12.4. The molecule has 2 aromatic carbocycles. The third kappa shape index (κ3) is 3.90. The minimum absolute atomic E-state index is 0.248. The third-order valence-electron chi connectivity index (χ3n) is 3.67. The van der Waals surface area contributed by atoms with Gasteiger partial charge in [-0.15, -0.1) is 0 Å². The van der Waals surface area contributed by atoms with Crippen molar-refractivity contribution in [1.82, 2.24) is 20.1 Å². The lowest BCUT2D eigenvalue weighted by molar-refractivity contribution is 0.0954. The highest BCUT2D eigenvalue weighted by Crippen LogP contribution is 2.14. The number of hydrogen-bond donors (Lipinski definition) is 1. The van der Waals surface area contributed by atoms with Gasteiger partial charge < -0.3 is 5.32 Å². The van der Waals surface area contributed by atoms with Gasteiger partial charge in [0, 0.05) is 24.6 Å². The van der Waals surface area contributed by atoms with Crippen LogP contribution in [0.25, 0.3) is 5.69 Å². The predicted octanol–water partition coefficient (Wildman–Crippen LogP) is 2.97. The highest BCUT2D eigenvalue weighted by molar-refractivity contribution is 5.94. The molecule has 0 aliphatic heterocycles. The second-order valence-corrected chi connectivity index (χ2v) is 5.60. The van der Waals surface area contributed by atoms with Gasteiger partial charge in [0.05, 0.1) is 5.69 Å². The van der Waals surface area contributed by atoms with Crippen molar-refractivity contribution in [1.29, 1.82) is 0 Å². The summed E-state index contributed by atoms with van der Waals surface area (Å²) in [6.45, 7) is 1.93. The second kappa shape index (κ2) is 7.38. The summed E-state index contributed by atoms with van der Waals surface area (Å²) < 4.78 is 40.9. The van der Waals surface area contributed by atoms with Crippen LogP contribution >= 0.6 is 0 Å². The Labute approximate surface area is 147 Å². The Kier molecular flexibility index (Phi) is 5.01. The first kappa shape index (κ1) is 17.7. The summed E-state index contributed by atoms with van der Waals surface area (Å²) in [6, 6.07) is 8.63. The summed E-state index contributed by atoms with van der Waals surface area (Å²) in [5.41, 5.74) is 0.675. The van der Waals surface area contributed by atoms with Crippen LogP contribution in [-0.2, 0) is 6.42 Å². The van der Waals surface area contributed by atoms with E-state index in [-0.39, 0.29) is 12.5 Å². The number of amides is 1. The van der Waals surface area contributed by atoms with Gasteiger partial charge in [0.2, 0.25) is 0 Å². The zero-order valence-corrected chi connectivity index (χ0v) is 13.8. The Balaban J connectivity index is 1.69. The number of hydrogen-bond acceptors (Lipinski definition) is 3. The fourth-order valence-electron chi connectivity index (χ4n) is 2.44. The Bertz CT molecular complexity index is 938. The number of carbonyl (C=O) groups excluding carboxylic acids is 1. The van der Waals surface area contributed by atoms with E-state index in [4.69, 9.17) is 0 Å². The number of aromatic nitrogens is 3. The molecule has 0 saturated heterocycles. The molecule has 0 radical (unpaired) electrons. The number of benzene rings is 2. The van der Waals surface area contributed by atoms with E-state index in [1.54, 1.807) is 6.92 Å². The number of nitrogens with zero attached hydrogens (tertiary/aromatic N) is 3. The van der Waals surface area contributed by atoms with Gasteiger partial charge in [-0.1, -0.05) is 0 Å². The van der Waals surface area contributed by atoms with Crippen molar-refractivity contribution in [3.05, 3.63) is 77.1 Å². The number of carbonyl (C=O) groups is 1. The van der Waals surface area contributed by atoms with Crippen LogP contribution in [0.5, 0.6) is 0 Å². The average Bonchev–Trinajstić information content (AvgIpc) is 2.98. The molecule has 134 valence electrons. The zero-order chi connectivity index (χ0) is 18.7. The maximum Gasteiger partial charge on any atom is 0.251 e. The van der Waals surface area contributed by atoms with E-state index < -0.39 is 17.5 Å². The lowest BCUT2D eigenvalue weighted by Gasteiger charge is -2.08. The van der Waals surface area contributed by atoms with E-state index in [9.17, 15) is 18.0 Å². The molecule has 5 nitrogen and oxygen atoms in total. The van der Waals surface area contributed by atoms with Gasteiger partial charge in [0.1, 0.15) is 17.5 Å². The van der Waals surface area contributed by atoms with Crippen LogP contribution in [0, 0.1) is 24.4 Å². The van der Waals surface area contributed by atoms with Gasteiger partial charge >= 0.3 is 0 Å². The molecule has 3 aromatic rings. The quantitative estimate of drug-likeness (QED) is 0.761. The lowest BCUT2D eigenvalue weighted by Crippen LogP contribution is -2.26. The van der Waals surface area contributed by atoms with Crippen LogP contribution < -0.4 is 5.32 Å². The normalized spacial score (nSPS) is 10.8. The molecule has 8 heteroatoms. The molecule has 3 rings (SSSR count). The molecule has 0 spiro atoms. The summed E-state index contributed by atoms with van der Waals surface area (Å²) in [5.74, 6) is -1.73. The van der Waals surface area contributed by atoms with Gasteiger partial charge in [0.15, 0.2) is 11.6 Å². The lowest BCUT2D eigenvalue weighted by atomic mass is 10.2. The number of aryl methyl sites for hydroxylation is 1. The Morgan fingerprint density at radius 1 is 1.08 bits per heavy atom. The minimum Gasteiger partial charge on any atom is -0.352 e. The summed E-state index contributed by atoms with van der Waals surface area (Å²) in [5, 5.41) is 6.88. The van der Waals surface area contributed by atoms with Crippen LogP contribution in [0.15, 0.2) is 42.5 Å². The molecule has 0 aliphatic carbocycles. The van der Waals surface area contributed by atoms with Gasteiger partial charge in [-0.05, 0) is 43.3 Å². The maximum absolute atomic E-state index is 13.5. The smallest absolute Gasteiger partial charge is 0.251 e. The monoisotopic (exact) mass is 360 g/mol. The number of nitrogens with one attached hydrogen (secondary N) is 1. The molecule has 1 aromatic heterocycles. The van der Waals surface area contributed by atoms with Crippen LogP contribution in [0.3, 0.4) is 0 Å². The van der Waals surface area contributed by atoms with E-state index >= 15 is 0 Å². The van der Waals surface area contributed by atoms with Gasteiger partial charge in [-0.25, -0.2) is 22.8 Å². The predicted molar refractivity (Wildman–Crippen MR) is 88.4 cm³/mol. The average molecular weight is 360 g/mol. The van der Waals surface area contributed by atoms with Crippen molar-refractivity contribution in [3.63, 3.8) is 0 Å². The molecule has 1 N–H and O–H groups in total. The SMILES string of the molecule is Cc1nc(CCNC(=O)c2ccc(F)cc2)n(-c2ccc(F)c(F)c2)n1. The summed E-state index contributed by atoms with van der Waals surface area (Å²) in [4.78, 5) is 16.3. The molecule has 0 unspecified atom stereocenters. The molecule has 0 fully saturated rings. The second-order valence-electron chi connectivity index (χ2n) is 5.60. The first-order valence-electron chi connectivity index (χ1n) is 7.86. The van der Waals surface area contributed by atoms with Crippen molar-refractivity contribution in [2.75, 3.05) is 6.54 Å². The van der Waals surface area contributed by atoms with Crippen LogP contribution in [0.2, 0.25) is 0 Å². The van der Waals surface area contributed by atoms with Crippen LogP contribution in [0.1, 0.15) is 22.0 Å². The van der Waals surface area contributed by atoms with Crippen molar-refractivity contribution in [2.24, 2.45) is 0 Å². The molecule has 0 atom stereocenters. The molecule has 0 aliphatic rings. The van der Waals surface area contributed by atoms with Gasteiger partial charge in [-0.3, -0.25) is 4.79 Å². The fourth-order valence-corrected chi connectivity index (χ4v) is 2.44. The molecule has 26 heavy (non-hydrogen) atoms. The molecule has 1 amide bonds. The van der Waals surface area contributed by atoms with E-state index in [0.717, 1.165) is 12.1 Å². The fraction of sp³-hybridized carbons (Fsp3) is 0.167. The van der Waals surface area contributed by atoms with E-state index in [1.165, 1.54) is 35.0 Å².